The number of quaternary nitrogens is 1. The van der Waals surface area contributed by atoms with Crippen LogP contribution in [-0.2, 0) is 9.59 Å². The van der Waals surface area contributed by atoms with E-state index in [0.717, 1.165) is 25.7 Å². The van der Waals surface area contributed by atoms with Crippen LogP contribution in [0.1, 0.15) is 45.4 Å². The van der Waals surface area contributed by atoms with Crippen LogP contribution in [0.2, 0.25) is 0 Å². The lowest BCUT2D eigenvalue weighted by Gasteiger charge is -2.48. The minimum absolute atomic E-state index is 0.164. The minimum Gasteiger partial charge on any atom is -0.550 e. The molecule has 1 aliphatic rings. The van der Waals surface area contributed by atoms with Crippen LogP contribution < -0.4 is 5.11 Å². The molecule has 0 saturated heterocycles. The molecule has 0 radical (unpaired) electrons. The average molecular weight is 285 g/mol. The highest BCUT2D eigenvalue weighted by Crippen LogP contribution is 2.37. The summed E-state index contributed by atoms with van der Waals surface area (Å²) < 4.78 is 0.369. The van der Waals surface area contributed by atoms with Gasteiger partial charge in [0, 0.05) is 18.3 Å². The predicted octanol–water partition coefficient (Wildman–Crippen LogP) is 0.102. The number of carbonyl (C=O) groups is 2. The van der Waals surface area contributed by atoms with Gasteiger partial charge in [-0.05, 0) is 19.8 Å². The third-order valence-corrected chi connectivity index (χ3v) is 4.44. The van der Waals surface area contributed by atoms with Crippen LogP contribution in [0.5, 0.6) is 0 Å². The van der Waals surface area contributed by atoms with E-state index in [2.05, 4.69) is 0 Å². The number of aliphatic carboxylic acids is 1. The lowest BCUT2D eigenvalue weighted by Crippen LogP contribution is -2.66. The van der Waals surface area contributed by atoms with Crippen LogP contribution >= 0.6 is 0 Å². The lowest BCUT2D eigenvalue weighted by molar-refractivity contribution is -0.906. The molecule has 0 aromatic heterocycles. The van der Waals surface area contributed by atoms with Gasteiger partial charge in [0.05, 0.1) is 21.1 Å². The summed E-state index contributed by atoms with van der Waals surface area (Å²) in [6.45, 7) is 1.27. The summed E-state index contributed by atoms with van der Waals surface area (Å²) in [7, 11) is 5.72. The van der Waals surface area contributed by atoms with Crippen LogP contribution in [0.25, 0.3) is 0 Å². The van der Waals surface area contributed by atoms with Crippen LogP contribution in [0.4, 0.5) is 0 Å². The average Bonchev–Trinajstić information content (AvgIpc) is 2.27. The summed E-state index contributed by atoms with van der Waals surface area (Å²) in [6.07, 6.45) is 4.55. The maximum Gasteiger partial charge on any atom is 0.179 e. The molecule has 1 N–H and O–H groups in total. The van der Waals surface area contributed by atoms with Gasteiger partial charge in [-0.15, -0.1) is 0 Å². The van der Waals surface area contributed by atoms with Crippen molar-refractivity contribution >= 4 is 11.8 Å². The lowest BCUT2D eigenvalue weighted by atomic mass is 9.72. The molecule has 0 aromatic rings. The van der Waals surface area contributed by atoms with Crippen molar-refractivity contribution in [3.8, 4) is 0 Å². The molecule has 0 spiro atoms. The van der Waals surface area contributed by atoms with Crippen molar-refractivity contribution in [2.75, 3.05) is 21.1 Å². The second kappa shape index (κ2) is 6.22. The Labute approximate surface area is 121 Å². The number of likely N-dealkylation sites (N-methyl/N-ethyl adjacent to an activating group) is 1. The largest absolute Gasteiger partial charge is 0.550 e. The Morgan fingerprint density at radius 1 is 1.25 bits per heavy atom. The third-order valence-electron chi connectivity index (χ3n) is 4.44. The first kappa shape index (κ1) is 17.1. The highest BCUT2D eigenvalue weighted by molar-refractivity contribution is 5.89. The number of nitrogens with zero attached hydrogens (tertiary/aromatic N) is 1. The number of hydrogen-bond donors (Lipinski definition) is 1. The Hall–Kier alpha value is -0.940. The van der Waals surface area contributed by atoms with Gasteiger partial charge >= 0.3 is 0 Å². The first-order valence-electron chi connectivity index (χ1n) is 7.33. The van der Waals surface area contributed by atoms with Gasteiger partial charge in [-0.1, -0.05) is 19.3 Å². The molecule has 2 atom stereocenters. The Bertz CT molecular complexity index is 369. The SMILES string of the molecule is CC(=O)C(O)(CC(=O)[O-])C(C1CCCCC1)[N+](C)(C)C. The van der Waals surface area contributed by atoms with E-state index in [-0.39, 0.29) is 5.92 Å². The molecule has 0 amide bonds. The molecular weight excluding hydrogens is 258 g/mol. The smallest absolute Gasteiger partial charge is 0.179 e. The molecule has 0 aliphatic heterocycles. The van der Waals surface area contributed by atoms with Gasteiger partial charge in [-0.25, -0.2) is 0 Å². The molecule has 0 heterocycles. The maximum absolute atomic E-state index is 12.0. The van der Waals surface area contributed by atoms with Crippen molar-refractivity contribution in [1.29, 1.82) is 0 Å². The second-order valence-electron chi connectivity index (χ2n) is 6.99. The quantitative estimate of drug-likeness (QED) is 0.702. The highest BCUT2D eigenvalue weighted by atomic mass is 16.4. The van der Waals surface area contributed by atoms with E-state index in [1.165, 1.54) is 13.3 Å². The van der Waals surface area contributed by atoms with E-state index in [1.807, 2.05) is 21.1 Å². The number of ketones is 1. The first-order valence-corrected chi connectivity index (χ1v) is 7.33. The zero-order valence-corrected chi connectivity index (χ0v) is 13.0. The van der Waals surface area contributed by atoms with Crippen LogP contribution in [-0.4, -0.2) is 54.1 Å². The molecule has 1 aliphatic carbocycles. The third kappa shape index (κ3) is 3.79. The fourth-order valence-corrected chi connectivity index (χ4v) is 3.77. The Kier molecular flexibility index (Phi) is 5.33. The van der Waals surface area contributed by atoms with E-state index in [4.69, 9.17) is 0 Å². The molecule has 0 bridgehead atoms. The van der Waals surface area contributed by atoms with Crippen molar-refractivity contribution < 1.29 is 24.3 Å². The number of aliphatic hydroxyl groups is 1. The van der Waals surface area contributed by atoms with Gasteiger partial charge in [-0.3, -0.25) is 4.79 Å². The molecule has 5 nitrogen and oxygen atoms in total. The van der Waals surface area contributed by atoms with E-state index in [0.29, 0.717) is 4.48 Å². The second-order valence-corrected chi connectivity index (χ2v) is 6.99. The van der Waals surface area contributed by atoms with E-state index < -0.39 is 29.8 Å². The van der Waals surface area contributed by atoms with Gasteiger partial charge < -0.3 is 19.5 Å². The van der Waals surface area contributed by atoms with E-state index >= 15 is 0 Å². The fraction of sp³-hybridized carbons (Fsp3) is 0.867. The molecule has 0 aromatic carbocycles. The Morgan fingerprint density at radius 3 is 2.10 bits per heavy atom. The maximum atomic E-state index is 12.0. The van der Waals surface area contributed by atoms with Crippen molar-refractivity contribution in [2.45, 2.75) is 57.1 Å². The number of rotatable bonds is 6. The van der Waals surface area contributed by atoms with Crippen LogP contribution in [0.3, 0.4) is 0 Å². The number of carbonyl (C=O) groups excluding carboxylic acids is 2. The summed E-state index contributed by atoms with van der Waals surface area (Å²) in [4.78, 5) is 23.0. The normalized spacial score (nSPS) is 22.1. The van der Waals surface area contributed by atoms with Gasteiger partial charge in [0.25, 0.3) is 0 Å². The van der Waals surface area contributed by atoms with Crippen LogP contribution in [0, 0.1) is 5.92 Å². The van der Waals surface area contributed by atoms with Gasteiger partial charge in [0.15, 0.2) is 11.4 Å². The van der Waals surface area contributed by atoms with Crippen molar-refractivity contribution in [3.05, 3.63) is 0 Å². The molecule has 1 saturated carbocycles. The van der Waals surface area contributed by atoms with E-state index in [9.17, 15) is 19.8 Å². The molecule has 5 heteroatoms. The predicted molar refractivity (Wildman–Crippen MR) is 73.7 cm³/mol. The molecule has 1 fully saturated rings. The monoisotopic (exact) mass is 285 g/mol. The number of hydrogen-bond acceptors (Lipinski definition) is 4. The standard InChI is InChI=1S/C15H27NO4/c1-11(17)15(20,10-13(18)19)14(16(2,3)4)12-8-6-5-7-9-12/h12,14,20H,5-10H2,1-4H3. The van der Waals surface area contributed by atoms with Crippen molar-refractivity contribution in [3.63, 3.8) is 0 Å². The van der Waals surface area contributed by atoms with Gasteiger partial charge in [0.1, 0.15) is 6.04 Å². The van der Waals surface area contributed by atoms with E-state index in [1.54, 1.807) is 0 Å². The Balaban J connectivity index is 3.17. The number of carboxylic acid groups (broad SMARTS) is 1. The summed E-state index contributed by atoms with van der Waals surface area (Å²) in [5, 5.41) is 21.8. The van der Waals surface area contributed by atoms with Gasteiger partial charge in [0.2, 0.25) is 0 Å². The molecule has 1 rings (SSSR count). The molecule has 2 unspecified atom stereocenters. The topological polar surface area (TPSA) is 77.4 Å². The van der Waals surface area contributed by atoms with Crippen LogP contribution in [0.15, 0.2) is 0 Å². The zero-order chi connectivity index (χ0) is 15.6. The number of Topliss-reactive ketones (excluding diaryl/α,β-unsaturated/α-hetero) is 1. The fourth-order valence-electron chi connectivity index (χ4n) is 3.77. The van der Waals surface area contributed by atoms with Crippen molar-refractivity contribution in [2.24, 2.45) is 5.92 Å². The molecular formula is C15H27NO4. The first-order chi connectivity index (χ1) is 9.09. The summed E-state index contributed by atoms with van der Waals surface area (Å²) in [5.41, 5.74) is -1.85. The molecule has 116 valence electrons. The molecule has 20 heavy (non-hydrogen) atoms. The minimum atomic E-state index is -1.85. The summed E-state index contributed by atoms with van der Waals surface area (Å²) >= 11 is 0. The number of carboxylic acids is 1. The highest BCUT2D eigenvalue weighted by Gasteiger charge is 2.52. The zero-order valence-electron chi connectivity index (χ0n) is 13.0. The Morgan fingerprint density at radius 2 is 1.75 bits per heavy atom. The van der Waals surface area contributed by atoms with Gasteiger partial charge in [-0.2, -0.15) is 0 Å². The summed E-state index contributed by atoms with van der Waals surface area (Å²) in [5.74, 6) is -1.70. The van der Waals surface area contributed by atoms with Crippen molar-refractivity contribution in [1.82, 2.24) is 0 Å². The summed E-state index contributed by atoms with van der Waals surface area (Å²) in [6, 6.07) is -0.418.